The second-order valence-electron chi connectivity index (χ2n) is 4.24. The number of hydrogen-bond acceptors (Lipinski definition) is 4. The van der Waals surface area contributed by atoms with E-state index in [0.29, 0.717) is 18.4 Å². The second-order valence-corrected chi connectivity index (χ2v) is 4.24. The van der Waals surface area contributed by atoms with Crippen LogP contribution in [0.4, 0.5) is 8.78 Å². The molecule has 0 aliphatic heterocycles. The molecule has 0 spiro atoms. The summed E-state index contributed by atoms with van der Waals surface area (Å²) >= 11 is 0. The maximum Gasteiger partial charge on any atom is 0.347 e. The molecule has 4 nitrogen and oxygen atoms in total. The number of nitrogens with two attached hydrogens (primary N) is 1. The Balaban J connectivity index is 2.96. The molecule has 1 atom stereocenters. The predicted octanol–water partition coefficient (Wildman–Crippen LogP) is 2.53. The van der Waals surface area contributed by atoms with E-state index in [1.54, 1.807) is 6.92 Å². The van der Waals surface area contributed by atoms with E-state index in [9.17, 15) is 13.6 Å². The summed E-state index contributed by atoms with van der Waals surface area (Å²) in [4.78, 5) is 11.7. The largest absolute Gasteiger partial charge is 0.473 e. The number of esters is 1. The Morgan fingerprint density at radius 1 is 1.30 bits per heavy atom. The van der Waals surface area contributed by atoms with Crippen LogP contribution in [0.1, 0.15) is 32.3 Å². The molecular weight excluding hydrogens is 268 g/mol. The highest BCUT2D eigenvalue weighted by Gasteiger charge is 2.24. The highest BCUT2D eigenvalue weighted by molar-refractivity contribution is 5.75. The van der Waals surface area contributed by atoms with Crippen LogP contribution in [0.3, 0.4) is 0 Å². The van der Waals surface area contributed by atoms with Crippen molar-refractivity contribution >= 4 is 5.97 Å². The molecule has 20 heavy (non-hydrogen) atoms. The van der Waals surface area contributed by atoms with E-state index in [0.717, 1.165) is 12.1 Å². The van der Waals surface area contributed by atoms with Crippen LogP contribution in [0, 0.1) is 11.6 Å². The van der Waals surface area contributed by atoms with Crippen molar-refractivity contribution in [3.05, 3.63) is 29.3 Å². The summed E-state index contributed by atoms with van der Waals surface area (Å²) in [7, 11) is 0. The van der Waals surface area contributed by atoms with Crippen molar-refractivity contribution in [1.82, 2.24) is 0 Å². The molecule has 2 N–H and O–H groups in total. The van der Waals surface area contributed by atoms with Crippen molar-refractivity contribution < 1.29 is 23.0 Å². The van der Waals surface area contributed by atoms with Gasteiger partial charge < -0.3 is 15.2 Å². The number of halogens is 2. The SMILES string of the molecule is CCCC(Oc1c(F)cc(CN)cc1F)C(=O)OCC. The zero-order valence-electron chi connectivity index (χ0n) is 11.6. The fourth-order valence-corrected chi connectivity index (χ4v) is 1.71. The molecule has 0 amide bonds. The second kappa shape index (κ2) is 7.79. The van der Waals surface area contributed by atoms with Crippen LogP contribution in [0.15, 0.2) is 12.1 Å². The van der Waals surface area contributed by atoms with Crippen molar-refractivity contribution in [2.24, 2.45) is 5.73 Å². The van der Waals surface area contributed by atoms with E-state index >= 15 is 0 Å². The van der Waals surface area contributed by atoms with Gasteiger partial charge in [0.15, 0.2) is 23.5 Å². The van der Waals surface area contributed by atoms with Crippen LogP contribution < -0.4 is 10.5 Å². The van der Waals surface area contributed by atoms with Gasteiger partial charge in [0, 0.05) is 6.54 Å². The third-order valence-corrected chi connectivity index (χ3v) is 2.65. The molecule has 1 aromatic rings. The highest BCUT2D eigenvalue weighted by Crippen LogP contribution is 2.25. The third kappa shape index (κ3) is 4.16. The molecule has 0 saturated heterocycles. The Morgan fingerprint density at radius 2 is 1.90 bits per heavy atom. The molecule has 6 heteroatoms. The summed E-state index contributed by atoms with van der Waals surface area (Å²) in [6, 6.07) is 2.18. The van der Waals surface area contributed by atoms with Crippen LogP contribution in [0.25, 0.3) is 0 Å². The lowest BCUT2D eigenvalue weighted by atomic mass is 10.2. The first-order valence-electron chi connectivity index (χ1n) is 6.54. The van der Waals surface area contributed by atoms with Crippen molar-refractivity contribution in [3.63, 3.8) is 0 Å². The molecular formula is C14H19F2NO3. The fraction of sp³-hybridized carbons (Fsp3) is 0.500. The first-order chi connectivity index (χ1) is 9.53. The smallest absolute Gasteiger partial charge is 0.347 e. The lowest BCUT2D eigenvalue weighted by Crippen LogP contribution is -2.30. The summed E-state index contributed by atoms with van der Waals surface area (Å²) in [6.07, 6.45) is -0.0862. The maximum atomic E-state index is 13.8. The van der Waals surface area contributed by atoms with E-state index in [4.69, 9.17) is 15.2 Å². The zero-order valence-corrected chi connectivity index (χ0v) is 11.6. The number of benzene rings is 1. The van der Waals surface area contributed by atoms with Gasteiger partial charge in [-0.25, -0.2) is 13.6 Å². The van der Waals surface area contributed by atoms with Crippen LogP contribution in [-0.4, -0.2) is 18.7 Å². The quantitative estimate of drug-likeness (QED) is 0.783. The van der Waals surface area contributed by atoms with Gasteiger partial charge in [-0.15, -0.1) is 0 Å². The number of hydrogen-bond donors (Lipinski definition) is 1. The summed E-state index contributed by atoms with van der Waals surface area (Å²) < 4.78 is 37.5. The first kappa shape index (κ1) is 16.4. The molecule has 0 aliphatic carbocycles. The minimum atomic E-state index is -1.02. The first-order valence-corrected chi connectivity index (χ1v) is 6.54. The van der Waals surface area contributed by atoms with Gasteiger partial charge >= 0.3 is 5.97 Å². The Hall–Kier alpha value is -1.69. The Kier molecular flexibility index (Phi) is 6.38. The Morgan fingerprint density at radius 3 is 2.35 bits per heavy atom. The molecule has 0 heterocycles. The minimum absolute atomic E-state index is 0.0182. The van der Waals surface area contributed by atoms with Crippen molar-refractivity contribution in [2.75, 3.05) is 6.61 Å². The van der Waals surface area contributed by atoms with Gasteiger partial charge in [-0.1, -0.05) is 13.3 Å². The number of carbonyl (C=O) groups excluding carboxylic acids is 1. The van der Waals surface area contributed by atoms with Crippen LogP contribution in [0.5, 0.6) is 5.75 Å². The molecule has 0 bridgehead atoms. The summed E-state index contributed by atoms with van der Waals surface area (Å²) in [5.41, 5.74) is 5.64. The summed E-state index contributed by atoms with van der Waals surface area (Å²) in [5.74, 6) is -2.96. The van der Waals surface area contributed by atoms with Gasteiger partial charge in [-0.3, -0.25) is 0 Å². The van der Waals surface area contributed by atoms with E-state index in [-0.39, 0.29) is 13.2 Å². The topological polar surface area (TPSA) is 61.5 Å². The van der Waals surface area contributed by atoms with Crippen molar-refractivity contribution in [1.29, 1.82) is 0 Å². The van der Waals surface area contributed by atoms with Gasteiger partial charge in [-0.05, 0) is 31.0 Å². The van der Waals surface area contributed by atoms with E-state index in [1.807, 2.05) is 6.92 Å². The predicted molar refractivity (Wildman–Crippen MR) is 70.2 cm³/mol. The molecule has 1 unspecified atom stereocenters. The summed E-state index contributed by atoms with van der Waals surface area (Å²) in [6.45, 7) is 3.68. The van der Waals surface area contributed by atoms with Gasteiger partial charge in [0.05, 0.1) is 6.61 Å². The van der Waals surface area contributed by atoms with Crippen LogP contribution in [0.2, 0.25) is 0 Å². The van der Waals surface area contributed by atoms with Crippen molar-refractivity contribution in [3.8, 4) is 5.75 Å². The van der Waals surface area contributed by atoms with E-state index in [1.165, 1.54) is 0 Å². The highest BCUT2D eigenvalue weighted by atomic mass is 19.1. The number of ether oxygens (including phenoxy) is 2. The molecule has 112 valence electrons. The number of carbonyl (C=O) groups is 1. The zero-order chi connectivity index (χ0) is 15.1. The lowest BCUT2D eigenvalue weighted by Gasteiger charge is -2.18. The van der Waals surface area contributed by atoms with Crippen LogP contribution >= 0.6 is 0 Å². The fourth-order valence-electron chi connectivity index (χ4n) is 1.71. The monoisotopic (exact) mass is 287 g/mol. The molecule has 1 rings (SSSR count). The van der Waals surface area contributed by atoms with E-state index < -0.39 is 29.5 Å². The van der Waals surface area contributed by atoms with Crippen LogP contribution in [-0.2, 0) is 16.1 Å². The third-order valence-electron chi connectivity index (χ3n) is 2.65. The van der Waals surface area contributed by atoms with E-state index in [2.05, 4.69) is 0 Å². The summed E-state index contributed by atoms with van der Waals surface area (Å²) in [5, 5.41) is 0. The Bertz CT molecular complexity index is 443. The molecule has 0 aliphatic rings. The van der Waals surface area contributed by atoms with Gasteiger partial charge in [0.25, 0.3) is 0 Å². The molecule has 0 fully saturated rings. The lowest BCUT2D eigenvalue weighted by molar-refractivity contribution is -0.151. The standard InChI is InChI=1S/C14H19F2NO3/c1-3-5-12(14(18)19-4-2)20-13-10(15)6-9(8-17)7-11(13)16/h6-7,12H,3-5,8,17H2,1-2H3. The molecule has 0 saturated carbocycles. The Labute approximate surface area is 116 Å². The van der Waals surface area contributed by atoms with Crippen molar-refractivity contribution in [2.45, 2.75) is 39.3 Å². The van der Waals surface area contributed by atoms with Gasteiger partial charge in [0.2, 0.25) is 0 Å². The molecule has 1 aromatic carbocycles. The number of rotatable bonds is 7. The molecule has 0 aromatic heterocycles. The maximum absolute atomic E-state index is 13.8. The minimum Gasteiger partial charge on any atom is -0.473 e. The normalized spacial score (nSPS) is 12.1. The average Bonchev–Trinajstić information content (AvgIpc) is 2.41. The average molecular weight is 287 g/mol. The van der Waals surface area contributed by atoms with Gasteiger partial charge in [-0.2, -0.15) is 0 Å². The molecule has 0 radical (unpaired) electrons. The van der Waals surface area contributed by atoms with Gasteiger partial charge in [0.1, 0.15) is 0 Å².